The summed E-state index contributed by atoms with van der Waals surface area (Å²) in [6.45, 7) is 9.50. The van der Waals surface area contributed by atoms with Gasteiger partial charge in [0.05, 0.1) is 10.5 Å². The highest BCUT2D eigenvalue weighted by atomic mass is 32.2. The van der Waals surface area contributed by atoms with Gasteiger partial charge in [-0.15, -0.1) is 0 Å². The summed E-state index contributed by atoms with van der Waals surface area (Å²) in [7, 11) is -4.05. The fraction of sp³-hybridized carbons (Fsp3) is 0.696. The van der Waals surface area contributed by atoms with Crippen molar-refractivity contribution >= 4 is 15.9 Å². The van der Waals surface area contributed by atoms with E-state index in [1.165, 1.54) is 16.8 Å². The van der Waals surface area contributed by atoms with Crippen LogP contribution in [0.3, 0.4) is 0 Å². The molecule has 1 aromatic rings. The number of likely N-dealkylation sites (tertiary alicyclic amines) is 1. The van der Waals surface area contributed by atoms with Gasteiger partial charge in [0.2, 0.25) is 15.9 Å². The van der Waals surface area contributed by atoms with Crippen LogP contribution >= 0.6 is 0 Å². The number of rotatable bonds is 6. The Hall–Kier alpha value is -1.65. The summed E-state index contributed by atoms with van der Waals surface area (Å²) >= 11 is 0. The average Bonchev–Trinajstić information content (AvgIpc) is 2.72. The number of benzene rings is 1. The Balaban J connectivity index is 1.53. The van der Waals surface area contributed by atoms with Crippen LogP contribution in [0, 0.1) is 17.8 Å². The number of hydrogen-bond acceptors (Lipinski definition) is 4. The number of nitrogens with zero attached hydrogens (tertiary/aromatic N) is 2. The molecule has 0 spiro atoms. The lowest BCUT2D eigenvalue weighted by molar-refractivity contribution is -0.137. The highest BCUT2D eigenvalue weighted by Gasteiger charge is 2.35. The van der Waals surface area contributed by atoms with Crippen LogP contribution in [0.1, 0.15) is 45.6 Å². The second kappa shape index (κ2) is 10.3. The fourth-order valence-corrected chi connectivity index (χ4v) is 6.59. The van der Waals surface area contributed by atoms with Crippen molar-refractivity contribution < 1.29 is 26.4 Å². The van der Waals surface area contributed by atoms with E-state index in [9.17, 15) is 26.4 Å². The van der Waals surface area contributed by atoms with Crippen molar-refractivity contribution in [3.63, 3.8) is 0 Å². The predicted octanol–water partition coefficient (Wildman–Crippen LogP) is 3.59. The van der Waals surface area contributed by atoms with E-state index in [0.29, 0.717) is 30.7 Å². The van der Waals surface area contributed by atoms with Crippen LogP contribution in [0.25, 0.3) is 0 Å². The zero-order valence-electron chi connectivity index (χ0n) is 19.4. The van der Waals surface area contributed by atoms with Gasteiger partial charge in [-0.1, -0.05) is 19.9 Å². The summed E-state index contributed by atoms with van der Waals surface area (Å²) in [5.74, 6) is 0.885. The Bertz CT molecular complexity index is 920. The van der Waals surface area contributed by atoms with E-state index in [4.69, 9.17) is 0 Å². The first kappa shape index (κ1) is 26.0. The highest BCUT2D eigenvalue weighted by Crippen LogP contribution is 2.32. The third-order valence-electron chi connectivity index (χ3n) is 6.49. The van der Waals surface area contributed by atoms with Crippen molar-refractivity contribution in [2.24, 2.45) is 17.8 Å². The van der Waals surface area contributed by atoms with Crippen LogP contribution in [0.5, 0.6) is 0 Å². The maximum atomic E-state index is 13.0. The van der Waals surface area contributed by atoms with E-state index < -0.39 is 21.8 Å². The van der Waals surface area contributed by atoms with Crippen LogP contribution in [-0.2, 0) is 21.0 Å². The number of hydrogen-bond donors (Lipinski definition) is 1. The van der Waals surface area contributed by atoms with Gasteiger partial charge in [0, 0.05) is 44.7 Å². The quantitative estimate of drug-likeness (QED) is 0.663. The van der Waals surface area contributed by atoms with Gasteiger partial charge in [-0.2, -0.15) is 17.5 Å². The molecule has 2 aliphatic heterocycles. The number of carbonyl (C=O) groups excluding carboxylic acids is 1. The molecular formula is C23H34F3N3O3S. The summed E-state index contributed by atoms with van der Waals surface area (Å²) < 4.78 is 65.8. The van der Waals surface area contributed by atoms with Crippen molar-refractivity contribution in [3.8, 4) is 0 Å². The molecule has 3 atom stereocenters. The van der Waals surface area contributed by atoms with Gasteiger partial charge in [0.1, 0.15) is 0 Å². The third-order valence-corrected chi connectivity index (χ3v) is 8.38. The molecule has 10 heteroatoms. The second-order valence-electron chi connectivity index (χ2n) is 9.78. The molecule has 0 aliphatic carbocycles. The molecule has 1 N–H and O–H groups in total. The first-order valence-electron chi connectivity index (χ1n) is 11.6. The monoisotopic (exact) mass is 489 g/mol. The van der Waals surface area contributed by atoms with Crippen LogP contribution in [0.15, 0.2) is 29.2 Å². The number of amides is 1. The molecule has 2 fully saturated rings. The van der Waals surface area contributed by atoms with E-state index in [2.05, 4.69) is 24.1 Å². The minimum atomic E-state index is -4.61. The van der Waals surface area contributed by atoms with Crippen molar-refractivity contribution in [2.45, 2.75) is 57.1 Å². The molecule has 0 bridgehead atoms. The number of carbonyl (C=O) groups is 1. The van der Waals surface area contributed by atoms with E-state index in [-0.39, 0.29) is 35.9 Å². The Morgan fingerprint density at radius 1 is 1.15 bits per heavy atom. The van der Waals surface area contributed by atoms with E-state index in [1.54, 1.807) is 0 Å². The van der Waals surface area contributed by atoms with Crippen LogP contribution in [0.2, 0.25) is 0 Å². The maximum absolute atomic E-state index is 13.0. The molecule has 6 nitrogen and oxygen atoms in total. The summed E-state index contributed by atoms with van der Waals surface area (Å²) in [4.78, 5) is 14.7. The van der Waals surface area contributed by atoms with Gasteiger partial charge >= 0.3 is 6.18 Å². The Morgan fingerprint density at radius 2 is 1.76 bits per heavy atom. The molecule has 0 saturated carbocycles. The number of piperidine rings is 2. The van der Waals surface area contributed by atoms with Gasteiger partial charge < -0.3 is 10.2 Å². The van der Waals surface area contributed by atoms with Gasteiger partial charge in [-0.3, -0.25) is 4.79 Å². The fourth-order valence-electron chi connectivity index (χ4n) is 5.08. The first-order chi connectivity index (χ1) is 15.4. The molecule has 2 heterocycles. The molecule has 186 valence electrons. The third kappa shape index (κ3) is 6.70. The number of alkyl halides is 3. The normalized spacial score (nSPS) is 25.0. The van der Waals surface area contributed by atoms with Gasteiger partial charge in [0.15, 0.2) is 0 Å². The molecule has 2 saturated heterocycles. The van der Waals surface area contributed by atoms with Crippen molar-refractivity contribution in [1.82, 2.24) is 14.5 Å². The molecule has 3 rings (SSSR count). The predicted molar refractivity (Wildman–Crippen MR) is 120 cm³/mol. The van der Waals surface area contributed by atoms with Gasteiger partial charge in [-0.25, -0.2) is 8.42 Å². The molecule has 33 heavy (non-hydrogen) atoms. The molecular weight excluding hydrogens is 455 g/mol. The summed E-state index contributed by atoms with van der Waals surface area (Å²) in [6, 6.07) is 3.77. The number of sulfonamides is 1. The van der Waals surface area contributed by atoms with Crippen LogP contribution in [0.4, 0.5) is 13.2 Å². The van der Waals surface area contributed by atoms with Crippen molar-refractivity contribution in [2.75, 3.05) is 32.7 Å². The first-order valence-corrected chi connectivity index (χ1v) is 13.0. The van der Waals surface area contributed by atoms with Gasteiger partial charge in [-0.05, 0) is 56.2 Å². The average molecular weight is 490 g/mol. The topological polar surface area (TPSA) is 69.7 Å². The molecule has 1 aromatic carbocycles. The van der Waals surface area contributed by atoms with Gasteiger partial charge in [0.25, 0.3) is 0 Å². The maximum Gasteiger partial charge on any atom is 0.416 e. The Kier molecular flexibility index (Phi) is 8.11. The second-order valence-corrected chi connectivity index (χ2v) is 11.7. The summed E-state index contributed by atoms with van der Waals surface area (Å²) in [5, 5.41) is 3.06. The van der Waals surface area contributed by atoms with E-state index >= 15 is 0 Å². The van der Waals surface area contributed by atoms with Crippen molar-refractivity contribution in [3.05, 3.63) is 29.8 Å². The standard InChI is InChI=1S/C23H34F3N3O3S/c1-16-11-17(2)14-28(13-16)15-18(3)27-22(30)19-7-9-29(10-8-19)33(31,32)21-6-4-5-20(12-21)23(24,25)26/h4-6,12,16-19H,7-11,13-15H2,1-3H3,(H,27,30). The minimum absolute atomic E-state index is 0.0122. The summed E-state index contributed by atoms with van der Waals surface area (Å²) in [6.07, 6.45) is -2.71. The Labute approximate surface area is 194 Å². The van der Waals surface area contributed by atoms with E-state index in [0.717, 1.165) is 31.8 Å². The zero-order chi connectivity index (χ0) is 24.4. The lowest BCUT2D eigenvalue weighted by Crippen LogP contribution is -2.49. The minimum Gasteiger partial charge on any atom is -0.352 e. The number of halogens is 3. The number of nitrogens with one attached hydrogen (secondary N) is 1. The molecule has 3 unspecified atom stereocenters. The van der Waals surface area contributed by atoms with Crippen LogP contribution < -0.4 is 5.32 Å². The van der Waals surface area contributed by atoms with Crippen LogP contribution in [-0.4, -0.2) is 62.3 Å². The largest absolute Gasteiger partial charge is 0.416 e. The molecule has 2 aliphatic rings. The lowest BCUT2D eigenvalue weighted by Gasteiger charge is -2.37. The zero-order valence-corrected chi connectivity index (χ0v) is 20.3. The smallest absolute Gasteiger partial charge is 0.352 e. The molecule has 1 amide bonds. The molecule has 0 radical (unpaired) electrons. The SMILES string of the molecule is CC1CC(C)CN(CC(C)NC(=O)C2CCN(S(=O)(=O)c3cccc(C(F)(F)F)c3)CC2)C1. The highest BCUT2D eigenvalue weighted by molar-refractivity contribution is 7.89. The lowest BCUT2D eigenvalue weighted by atomic mass is 9.91. The van der Waals surface area contributed by atoms with Crippen molar-refractivity contribution in [1.29, 1.82) is 0 Å². The van der Waals surface area contributed by atoms with E-state index in [1.807, 2.05) is 6.92 Å². The Morgan fingerprint density at radius 3 is 2.33 bits per heavy atom. The molecule has 0 aromatic heterocycles. The summed E-state index contributed by atoms with van der Waals surface area (Å²) in [5.41, 5.74) is -0.996.